The van der Waals surface area contributed by atoms with E-state index in [2.05, 4.69) is 30.8 Å². The zero-order valence-corrected chi connectivity index (χ0v) is 12.3. The van der Waals surface area contributed by atoms with E-state index in [9.17, 15) is 9.90 Å². The number of aliphatic hydroxyl groups excluding tert-OH is 1. The van der Waals surface area contributed by atoms with Gasteiger partial charge in [-0.1, -0.05) is 5.21 Å². The quantitative estimate of drug-likeness (QED) is 0.549. The number of aromatic nitrogens is 4. The average Bonchev–Trinajstić information content (AvgIpc) is 2.88. The molecule has 9 heteroatoms. The van der Waals surface area contributed by atoms with Gasteiger partial charge in [0.1, 0.15) is 0 Å². The predicted molar refractivity (Wildman–Crippen MR) is 75.5 cm³/mol. The Morgan fingerprint density at radius 3 is 2.90 bits per heavy atom. The summed E-state index contributed by atoms with van der Waals surface area (Å²) in [6.45, 7) is 6.34. The summed E-state index contributed by atoms with van der Waals surface area (Å²) >= 11 is 0. The third-order valence-electron chi connectivity index (χ3n) is 3.45. The molecule has 1 fully saturated rings. The molecule has 0 aliphatic carbocycles. The minimum atomic E-state index is -0.452. The van der Waals surface area contributed by atoms with E-state index >= 15 is 0 Å². The van der Waals surface area contributed by atoms with Gasteiger partial charge in [-0.2, -0.15) is 5.21 Å². The summed E-state index contributed by atoms with van der Waals surface area (Å²) in [6, 6.07) is 0. The maximum absolute atomic E-state index is 11.6. The van der Waals surface area contributed by atoms with Gasteiger partial charge in [-0.25, -0.2) is 0 Å². The van der Waals surface area contributed by atoms with E-state index < -0.39 is 6.10 Å². The highest BCUT2D eigenvalue weighted by Crippen LogP contribution is 2.04. The summed E-state index contributed by atoms with van der Waals surface area (Å²) in [5, 5.41) is 26.6. The number of amides is 1. The molecule has 21 heavy (non-hydrogen) atoms. The van der Waals surface area contributed by atoms with Crippen LogP contribution in [0.5, 0.6) is 0 Å². The van der Waals surface area contributed by atoms with Crippen LogP contribution in [0.4, 0.5) is 0 Å². The number of β-amino-alcohol motifs (C(OH)–C–C–N with tert-alkyl or cyclic N) is 1. The smallest absolute Gasteiger partial charge is 0.234 e. The maximum atomic E-state index is 11.6. The molecule has 1 aromatic rings. The number of aromatic amines is 1. The molecule has 118 valence electrons. The fourth-order valence-corrected chi connectivity index (χ4v) is 2.47. The summed E-state index contributed by atoms with van der Waals surface area (Å²) in [5.41, 5.74) is 0. The van der Waals surface area contributed by atoms with E-state index in [0.29, 0.717) is 38.4 Å². The molecule has 1 saturated heterocycles. The van der Waals surface area contributed by atoms with Gasteiger partial charge in [-0.15, -0.1) is 10.2 Å². The minimum Gasteiger partial charge on any atom is -0.390 e. The molecule has 9 nitrogen and oxygen atoms in total. The third kappa shape index (κ3) is 5.37. The molecule has 3 N–H and O–H groups in total. The first-order valence-electron chi connectivity index (χ1n) is 7.29. The van der Waals surface area contributed by atoms with Crippen molar-refractivity contribution < 1.29 is 9.90 Å². The Morgan fingerprint density at radius 2 is 2.19 bits per heavy atom. The van der Waals surface area contributed by atoms with Gasteiger partial charge in [0.2, 0.25) is 5.91 Å². The van der Waals surface area contributed by atoms with Crippen LogP contribution >= 0.6 is 0 Å². The summed E-state index contributed by atoms with van der Waals surface area (Å²) < 4.78 is 0. The largest absolute Gasteiger partial charge is 0.390 e. The lowest BCUT2D eigenvalue weighted by Crippen LogP contribution is -2.41. The van der Waals surface area contributed by atoms with Crippen LogP contribution in [0.15, 0.2) is 0 Å². The SMILES string of the molecule is CCNC(=O)CN1CCN(CCc2nn[nH]n2)C[C@@H](O)C1. The fraction of sp³-hybridized carbons (Fsp3) is 0.833. The van der Waals surface area contributed by atoms with Crippen LogP contribution in [0.2, 0.25) is 0 Å². The number of tetrazole rings is 1. The predicted octanol–water partition coefficient (Wildman–Crippen LogP) is -2.14. The van der Waals surface area contributed by atoms with Gasteiger partial charge in [0, 0.05) is 45.7 Å². The number of likely N-dealkylation sites (N-methyl/N-ethyl adjacent to an activating group) is 1. The second-order valence-electron chi connectivity index (χ2n) is 5.22. The molecular weight excluding hydrogens is 274 g/mol. The number of aliphatic hydroxyl groups is 1. The van der Waals surface area contributed by atoms with Gasteiger partial charge in [0.15, 0.2) is 5.82 Å². The van der Waals surface area contributed by atoms with Crippen molar-refractivity contribution in [1.82, 2.24) is 35.7 Å². The lowest BCUT2D eigenvalue weighted by Gasteiger charge is -2.20. The Balaban J connectivity index is 1.78. The van der Waals surface area contributed by atoms with Crippen LogP contribution < -0.4 is 5.32 Å². The molecule has 0 aromatic carbocycles. The van der Waals surface area contributed by atoms with Crippen molar-refractivity contribution in [2.24, 2.45) is 0 Å². The van der Waals surface area contributed by atoms with Crippen molar-refractivity contribution in [2.45, 2.75) is 19.4 Å². The Hall–Kier alpha value is -1.58. The zero-order valence-electron chi connectivity index (χ0n) is 12.3. The number of H-pyrrole nitrogens is 1. The first-order chi connectivity index (χ1) is 10.2. The summed E-state index contributed by atoms with van der Waals surface area (Å²) in [7, 11) is 0. The molecule has 0 unspecified atom stereocenters. The molecule has 1 aliphatic rings. The molecule has 0 radical (unpaired) electrons. The Bertz CT molecular complexity index is 425. The van der Waals surface area contributed by atoms with E-state index in [1.807, 2.05) is 11.8 Å². The first-order valence-corrected chi connectivity index (χ1v) is 7.29. The van der Waals surface area contributed by atoms with Crippen LogP contribution in [-0.4, -0.2) is 93.4 Å². The molecule has 1 amide bonds. The fourth-order valence-electron chi connectivity index (χ4n) is 2.47. The van der Waals surface area contributed by atoms with Crippen LogP contribution in [0.1, 0.15) is 12.7 Å². The number of rotatable bonds is 6. The highest BCUT2D eigenvalue weighted by atomic mass is 16.3. The number of hydrogen-bond acceptors (Lipinski definition) is 7. The summed E-state index contributed by atoms with van der Waals surface area (Å²) in [6.07, 6.45) is 0.242. The number of nitrogens with one attached hydrogen (secondary N) is 2. The Kier molecular flexibility index (Phi) is 6.03. The Morgan fingerprint density at radius 1 is 1.43 bits per heavy atom. The molecule has 0 saturated carbocycles. The normalized spacial score (nSPS) is 21.1. The number of carbonyl (C=O) groups is 1. The summed E-state index contributed by atoms with van der Waals surface area (Å²) in [4.78, 5) is 15.8. The van der Waals surface area contributed by atoms with Crippen molar-refractivity contribution >= 4 is 5.91 Å². The van der Waals surface area contributed by atoms with Crippen LogP contribution in [0.25, 0.3) is 0 Å². The molecule has 1 aromatic heterocycles. The second-order valence-corrected chi connectivity index (χ2v) is 5.22. The number of carbonyl (C=O) groups excluding carboxylic acids is 1. The van der Waals surface area contributed by atoms with Gasteiger partial charge in [-0.3, -0.25) is 14.6 Å². The van der Waals surface area contributed by atoms with Crippen LogP contribution in [0.3, 0.4) is 0 Å². The number of hydrogen-bond donors (Lipinski definition) is 3. The lowest BCUT2D eigenvalue weighted by atomic mass is 10.3. The van der Waals surface area contributed by atoms with E-state index in [0.717, 1.165) is 19.6 Å². The monoisotopic (exact) mass is 297 g/mol. The summed E-state index contributed by atoms with van der Waals surface area (Å²) in [5.74, 6) is 0.679. The van der Waals surface area contributed by atoms with Gasteiger partial charge in [0.25, 0.3) is 0 Å². The van der Waals surface area contributed by atoms with Crippen LogP contribution in [-0.2, 0) is 11.2 Å². The van der Waals surface area contributed by atoms with Crippen molar-refractivity contribution in [1.29, 1.82) is 0 Å². The highest BCUT2D eigenvalue weighted by molar-refractivity contribution is 5.77. The van der Waals surface area contributed by atoms with Crippen LogP contribution in [0, 0.1) is 0 Å². The van der Waals surface area contributed by atoms with E-state index in [1.54, 1.807) is 0 Å². The standard InChI is InChI=1S/C12H23N7O2/c1-2-13-12(21)9-19-6-5-18(7-10(20)8-19)4-3-11-14-16-17-15-11/h10,20H,2-9H2,1H3,(H,13,21)(H,14,15,16,17)/t10-/m1/s1. The molecule has 2 heterocycles. The molecule has 2 rings (SSSR count). The molecular formula is C12H23N7O2. The topological polar surface area (TPSA) is 110 Å². The molecule has 1 atom stereocenters. The highest BCUT2D eigenvalue weighted by Gasteiger charge is 2.22. The van der Waals surface area contributed by atoms with E-state index in [-0.39, 0.29) is 5.91 Å². The van der Waals surface area contributed by atoms with Gasteiger partial charge in [-0.05, 0) is 6.92 Å². The van der Waals surface area contributed by atoms with Gasteiger partial charge in [0.05, 0.1) is 12.6 Å². The maximum Gasteiger partial charge on any atom is 0.234 e. The van der Waals surface area contributed by atoms with Crippen molar-refractivity contribution in [3.05, 3.63) is 5.82 Å². The first kappa shape index (κ1) is 15.8. The average molecular weight is 297 g/mol. The van der Waals surface area contributed by atoms with Gasteiger partial charge < -0.3 is 10.4 Å². The van der Waals surface area contributed by atoms with Crippen molar-refractivity contribution in [3.8, 4) is 0 Å². The minimum absolute atomic E-state index is 0.00458. The van der Waals surface area contributed by atoms with E-state index in [4.69, 9.17) is 0 Å². The van der Waals surface area contributed by atoms with Gasteiger partial charge >= 0.3 is 0 Å². The Labute approximate surface area is 123 Å². The number of nitrogens with zero attached hydrogens (tertiary/aromatic N) is 5. The molecule has 0 spiro atoms. The zero-order chi connectivity index (χ0) is 15.1. The van der Waals surface area contributed by atoms with Crippen molar-refractivity contribution in [3.63, 3.8) is 0 Å². The lowest BCUT2D eigenvalue weighted by molar-refractivity contribution is -0.122. The van der Waals surface area contributed by atoms with E-state index in [1.165, 1.54) is 0 Å². The third-order valence-corrected chi connectivity index (χ3v) is 3.45. The molecule has 0 bridgehead atoms. The molecule has 1 aliphatic heterocycles. The second kappa shape index (κ2) is 8.01. The van der Waals surface area contributed by atoms with Crippen molar-refractivity contribution in [2.75, 3.05) is 45.8 Å².